The van der Waals surface area contributed by atoms with Gasteiger partial charge in [-0.1, -0.05) is 26.4 Å². The third-order valence-corrected chi connectivity index (χ3v) is 3.84. The number of hydrogen-bond donors (Lipinski definition) is 0. The van der Waals surface area contributed by atoms with Crippen LogP contribution in [0.1, 0.15) is 17.4 Å². The number of benzene rings is 1. The molecule has 1 aliphatic rings. The maximum atomic E-state index is 4.65. The average molecular weight is 199 g/mol. The van der Waals surface area contributed by atoms with E-state index in [0.29, 0.717) is 0 Å². The molecule has 1 aliphatic carbocycles. The van der Waals surface area contributed by atoms with Crippen LogP contribution in [0.2, 0.25) is 0 Å². The molecule has 1 aromatic heterocycles. The van der Waals surface area contributed by atoms with Crippen LogP contribution in [-0.2, 0) is 6.42 Å². The van der Waals surface area contributed by atoms with Gasteiger partial charge < -0.3 is 0 Å². The zero-order chi connectivity index (χ0) is 9.38. The maximum Gasteiger partial charge on any atom is 0.0755 e. The first kappa shape index (κ1) is 8.14. The molecule has 0 bridgehead atoms. The molecule has 0 atom stereocenters. The smallest absolute Gasteiger partial charge is 0.0755 e. The Morgan fingerprint density at radius 2 is 2.14 bits per heavy atom. The lowest BCUT2D eigenvalue weighted by Gasteiger charge is -2.09. The first-order valence-corrected chi connectivity index (χ1v) is 5.75. The summed E-state index contributed by atoms with van der Waals surface area (Å²) in [5.74, 6) is 0. The van der Waals surface area contributed by atoms with Gasteiger partial charge in [-0.15, -0.1) is 0 Å². The Labute approximate surface area is 84.6 Å². The Balaban J connectivity index is 2.34. The van der Waals surface area contributed by atoms with Crippen molar-refractivity contribution in [3.63, 3.8) is 0 Å². The highest BCUT2D eigenvalue weighted by atomic mass is 31.0. The van der Waals surface area contributed by atoms with Crippen molar-refractivity contribution in [2.75, 3.05) is 0 Å². The number of aryl methyl sites for hydroxylation is 1. The predicted molar refractivity (Wildman–Crippen MR) is 61.6 cm³/mol. The zero-order valence-corrected chi connectivity index (χ0v) is 8.67. The predicted octanol–water partition coefficient (Wildman–Crippen LogP) is 3.77. The topological polar surface area (TPSA) is 12.9 Å². The Bertz CT molecular complexity index is 517. The Kier molecular flexibility index (Phi) is 1.85. The van der Waals surface area contributed by atoms with Crippen LogP contribution >= 0.6 is 8.19 Å². The van der Waals surface area contributed by atoms with Crippen LogP contribution in [0, 0.1) is 0 Å². The number of allylic oxidation sites excluding steroid dienone is 1. The van der Waals surface area contributed by atoms with Gasteiger partial charge in [-0.25, -0.2) is 4.98 Å². The quantitative estimate of drug-likeness (QED) is 0.629. The van der Waals surface area contributed by atoms with E-state index < -0.39 is 0 Å². The number of fused-ring (bicyclic) bond motifs is 2. The second-order valence-electron chi connectivity index (χ2n) is 3.49. The van der Waals surface area contributed by atoms with Crippen LogP contribution in [0.15, 0.2) is 30.3 Å². The fourth-order valence-electron chi connectivity index (χ4n) is 1.78. The van der Waals surface area contributed by atoms with Crippen molar-refractivity contribution >= 4 is 24.9 Å². The van der Waals surface area contributed by atoms with Crippen LogP contribution < -0.4 is 0 Å². The van der Waals surface area contributed by atoms with Crippen LogP contribution in [0.3, 0.4) is 0 Å². The van der Waals surface area contributed by atoms with Crippen molar-refractivity contribution in [2.45, 2.75) is 12.8 Å². The van der Waals surface area contributed by atoms with Gasteiger partial charge in [-0.3, -0.25) is 0 Å². The fourth-order valence-corrected chi connectivity index (χ4v) is 2.95. The summed E-state index contributed by atoms with van der Waals surface area (Å²) in [7, 11) is 1.36. The summed E-state index contributed by atoms with van der Waals surface area (Å²) in [5.41, 5.74) is 2.33. The van der Waals surface area contributed by atoms with E-state index in [0.717, 1.165) is 5.52 Å². The number of hydrogen-bond acceptors (Lipinski definition) is 1. The summed E-state index contributed by atoms with van der Waals surface area (Å²) < 4.78 is 0. The van der Waals surface area contributed by atoms with Gasteiger partial charge in [-0.05, 0) is 31.1 Å². The molecule has 2 heteroatoms. The van der Waals surface area contributed by atoms with Crippen molar-refractivity contribution in [2.24, 2.45) is 0 Å². The molecule has 1 heterocycles. The second kappa shape index (κ2) is 3.18. The van der Waals surface area contributed by atoms with E-state index in [1.807, 2.05) is 0 Å². The first-order chi connectivity index (χ1) is 6.93. The molecule has 0 amide bonds. The molecule has 68 valence electrons. The highest BCUT2D eigenvalue weighted by Crippen LogP contribution is 2.31. The van der Waals surface area contributed by atoms with Crippen molar-refractivity contribution in [1.29, 1.82) is 0 Å². The molecule has 0 aliphatic heterocycles. The molecule has 0 unspecified atom stereocenters. The van der Waals surface area contributed by atoms with E-state index in [2.05, 4.69) is 41.4 Å². The lowest BCUT2D eigenvalue weighted by molar-refractivity contribution is 0.997. The minimum Gasteiger partial charge on any atom is -0.247 e. The minimum atomic E-state index is 1.14. The van der Waals surface area contributed by atoms with E-state index in [-0.39, 0.29) is 0 Å². The van der Waals surface area contributed by atoms with E-state index in [9.17, 15) is 0 Å². The zero-order valence-electron chi connectivity index (χ0n) is 7.77. The fraction of sp³-hybridized carbons (Fsp3) is 0.167. The molecule has 14 heavy (non-hydrogen) atoms. The summed E-state index contributed by atoms with van der Waals surface area (Å²) in [6.07, 6.45) is 6.71. The Hall–Kier alpha value is -1.20. The van der Waals surface area contributed by atoms with E-state index >= 15 is 0 Å². The second-order valence-corrected chi connectivity index (χ2v) is 4.73. The van der Waals surface area contributed by atoms with Gasteiger partial charge in [0.2, 0.25) is 0 Å². The van der Waals surface area contributed by atoms with Crippen molar-refractivity contribution < 1.29 is 0 Å². The standard InChI is InChI=1S/C12H10NP/c1-3-7-11-9(5-1)13-10-6-2-4-8-12(10)14-11/h1-3,5-7H,4,8H2. The van der Waals surface area contributed by atoms with Crippen molar-refractivity contribution in [3.05, 3.63) is 41.3 Å². The third kappa shape index (κ3) is 1.25. The highest BCUT2D eigenvalue weighted by Gasteiger charge is 2.07. The lowest BCUT2D eigenvalue weighted by Crippen LogP contribution is -1.94. The summed E-state index contributed by atoms with van der Waals surface area (Å²) in [6, 6.07) is 8.40. The number of nitrogens with zero attached hydrogens (tertiary/aromatic N) is 1. The summed E-state index contributed by atoms with van der Waals surface area (Å²) in [4.78, 5) is 4.65. The number of para-hydroxylation sites is 1. The van der Waals surface area contributed by atoms with Gasteiger partial charge in [0.05, 0.1) is 11.2 Å². The molecule has 0 fully saturated rings. The molecule has 1 nitrogen and oxygen atoms in total. The normalized spacial score (nSPS) is 14.9. The van der Waals surface area contributed by atoms with Crippen molar-refractivity contribution in [1.82, 2.24) is 4.98 Å². The molecule has 0 N–H and O–H groups in total. The Morgan fingerprint density at radius 3 is 3.14 bits per heavy atom. The van der Waals surface area contributed by atoms with Crippen molar-refractivity contribution in [3.8, 4) is 0 Å². The SMILES string of the molecule is C1=Cc2nc3ccccc3pc2CC1. The van der Waals surface area contributed by atoms with Crippen LogP contribution in [0.5, 0.6) is 0 Å². The average Bonchev–Trinajstić information content (AvgIpc) is 2.26. The molecule has 2 aromatic rings. The number of aromatic nitrogens is 1. The summed E-state index contributed by atoms with van der Waals surface area (Å²) in [6.45, 7) is 0. The van der Waals surface area contributed by atoms with Gasteiger partial charge in [0.1, 0.15) is 0 Å². The van der Waals surface area contributed by atoms with E-state index in [1.165, 1.54) is 37.1 Å². The number of rotatable bonds is 0. The van der Waals surface area contributed by atoms with Crippen LogP contribution in [0.25, 0.3) is 16.7 Å². The van der Waals surface area contributed by atoms with Crippen LogP contribution in [0.4, 0.5) is 0 Å². The molecule has 0 saturated carbocycles. The van der Waals surface area contributed by atoms with Gasteiger partial charge in [0.15, 0.2) is 0 Å². The molecule has 3 rings (SSSR count). The molecule has 0 radical (unpaired) electrons. The molecular formula is C12H10NP. The Morgan fingerprint density at radius 1 is 1.21 bits per heavy atom. The molecular weight excluding hydrogens is 189 g/mol. The molecule has 0 spiro atoms. The maximum absolute atomic E-state index is 4.65. The van der Waals surface area contributed by atoms with E-state index in [4.69, 9.17) is 0 Å². The third-order valence-electron chi connectivity index (χ3n) is 2.50. The summed E-state index contributed by atoms with van der Waals surface area (Å²) >= 11 is 0. The van der Waals surface area contributed by atoms with Gasteiger partial charge in [-0.2, -0.15) is 0 Å². The summed E-state index contributed by atoms with van der Waals surface area (Å²) in [5, 5.41) is 2.83. The minimum absolute atomic E-state index is 1.14. The van der Waals surface area contributed by atoms with Gasteiger partial charge in [0, 0.05) is 10.4 Å². The lowest BCUT2D eigenvalue weighted by atomic mass is 10.1. The highest BCUT2D eigenvalue weighted by molar-refractivity contribution is 7.37. The monoisotopic (exact) mass is 199 g/mol. The molecule has 0 saturated heterocycles. The van der Waals surface area contributed by atoms with E-state index in [1.54, 1.807) is 0 Å². The largest absolute Gasteiger partial charge is 0.247 e. The first-order valence-electron chi connectivity index (χ1n) is 4.86. The van der Waals surface area contributed by atoms with Crippen LogP contribution in [-0.4, -0.2) is 4.98 Å². The van der Waals surface area contributed by atoms with Gasteiger partial charge in [0.25, 0.3) is 0 Å². The van der Waals surface area contributed by atoms with Gasteiger partial charge >= 0.3 is 0 Å². The molecule has 1 aromatic carbocycles.